The summed E-state index contributed by atoms with van der Waals surface area (Å²) in [6.45, 7) is 0. The molecule has 4 nitrogen and oxygen atoms in total. The lowest BCUT2D eigenvalue weighted by Gasteiger charge is -2.29. The second kappa shape index (κ2) is 6.58. The van der Waals surface area contributed by atoms with Gasteiger partial charge in [-0.1, -0.05) is 0 Å². The van der Waals surface area contributed by atoms with Crippen LogP contribution in [-0.2, 0) is 16.2 Å². The molecule has 9 heteroatoms. The molecule has 2 N–H and O–H groups in total. The highest BCUT2D eigenvalue weighted by Gasteiger charge is 2.35. The third-order valence-corrected chi connectivity index (χ3v) is 5.82. The van der Waals surface area contributed by atoms with Gasteiger partial charge in [0.2, 0.25) is 10.0 Å². The van der Waals surface area contributed by atoms with Gasteiger partial charge in [0.05, 0.1) is 10.5 Å². The van der Waals surface area contributed by atoms with Crippen LogP contribution in [0, 0.1) is 0 Å². The maximum atomic E-state index is 12.5. The van der Waals surface area contributed by atoms with Crippen LogP contribution in [-0.4, -0.2) is 26.5 Å². The number of benzene rings is 1. The summed E-state index contributed by atoms with van der Waals surface area (Å²) in [6.07, 6.45) is -0.941. The molecule has 2 aliphatic heterocycles. The van der Waals surface area contributed by atoms with Gasteiger partial charge in [-0.15, -0.1) is 12.4 Å². The lowest BCUT2D eigenvalue weighted by atomic mass is 10.0. The van der Waals surface area contributed by atoms with Gasteiger partial charge in [0, 0.05) is 18.1 Å². The molecule has 2 unspecified atom stereocenters. The Labute approximate surface area is 139 Å². The number of hydrogen-bond donors (Lipinski definition) is 2. The van der Waals surface area contributed by atoms with E-state index in [0.29, 0.717) is 12.1 Å². The van der Waals surface area contributed by atoms with Gasteiger partial charge in [-0.3, -0.25) is 0 Å². The number of rotatable bonds is 3. The Morgan fingerprint density at radius 1 is 1.04 bits per heavy atom. The predicted octanol–water partition coefficient (Wildman–Crippen LogP) is 2.69. The summed E-state index contributed by atoms with van der Waals surface area (Å²) >= 11 is 0. The van der Waals surface area contributed by atoms with Gasteiger partial charge in [0.25, 0.3) is 0 Å². The Bertz CT molecular complexity index is 637. The molecule has 0 aromatic heterocycles. The van der Waals surface area contributed by atoms with Gasteiger partial charge in [-0.25, -0.2) is 13.1 Å². The average molecular weight is 371 g/mol. The van der Waals surface area contributed by atoms with E-state index in [2.05, 4.69) is 10.0 Å². The Balaban J connectivity index is 0.00000192. The fourth-order valence-electron chi connectivity index (χ4n) is 3.26. The number of alkyl halides is 3. The van der Waals surface area contributed by atoms with Crippen LogP contribution in [0.25, 0.3) is 0 Å². The third-order valence-electron chi connectivity index (χ3n) is 4.29. The monoisotopic (exact) mass is 370 g/mol. The Morgan fingerprint density at radius 3 is 2.04 bits per heavy atom. The summed E-state index contributed by atoms with van der Waals surface area (Å²) in [7, 11) is -3.79. The molecule has 2 saturated heterocycles. The first-order chi connectivity index (χ1) is 10.2. The normalized spacial score (nSPS) is 27.5. The van der Waals surface area contributed by atoms with Crippen LogP contribution < -0.4 is 10.0 Å². The van der Waals surface area contributed by atoms with Crippen molar-refractivity contribution in [2.24, 2.45) is 0 Å². The van der Waals surface area contributed by atoms with Crippen molar-refractivity contribution in [1.82, 2.24) is 10.0 Å². The molecule has 23 heavy (non-hydrogen) atoms. The van der Waals surface area contributed by atoms with E-state index in [9.17, 15) is 21.6 Å². The largest absolute Gasteiger partial charge is 0.416 e. The van der Waals surface area contributed by atoms with Crippen LogP contribution in [0.3, 0.4) is 0 Å². The Kier molecular flexibility index (Phi) is 5.30. The molecular formula is C14H18ClF3N2O2S. The van der Waals surface area contributed by atoms with Crippen molar-refractivity contribution in [3.8, 4) is 0 Å². The van der Waals surface area contributed by atoms with Crippen LogP contribution in [0.15, 0.2) is 29.2 Å². The van der Waals surface area contributed by atoms with Crippen LogP contribution >= 0.6 is 12.4 Å². The maximum Gasteiger partial charge on any atom is 0.416 e. The second-order valence-electron chi connectivity index (χ2n) is 5.95. The standard InChI is InChI=1S/C14H17F3N2O2S.ClH/c15-14(16,17)9-1-5-13(6-2-9)22(20,21)19-12-7-10-3-4-11(8-12)18-10;/h1-2,5-6,10-12,18-19H,3-4,7-8H2;1H. The molecule has 0 amide bonds. The summed E-state index contributed by atoms with van der Waals surface area (Å²) in [6, 6.07) is 4.09. The van der Waals surface area contributed by atoms with E-state index in [4.69, 9.17) is 0 Å². The Morgan fingerprint density at radius 2 is 1.57 bits per heavy atom. The van der Waals surface area contributed by atoms with Crippen molar-refractivity contribution in [3.63, 3.8) is 0 Å². The van der Waals surface area contributed by atoms with Crippen molar-refractivity contribution in [3.05, 3.63) is 29.8 Å². The van der Waals surface area contributed by atoms with E-state index in [-0.39, 0.29) is 23.3 Å². The van der Waals surface area contributed by atoms with E-state index >= 15 is 0 Å². The zero-order valence-electron chi connectivity index (χ0n) is 12.1. The second-order valence-corrected chi connectivity index (χ2v) is 7.66. The highest BCUT2D eigenvalue weighted by Crippen LogP contribution is 2.30. The average Bonchev–Trinajstić information content (AvgIpc) is 2.77. The minimum atomic E-state index is -4.47. The van der Waals surface area contributed by atoms with E-state index in [1.165, 1.54) is 0 Å². The number of fused-ring (bicyclic) bond motifs is 2. The molecule has 0 radical (unpaired) electrons. The van der Waals surface area contributed by atoms with Crippen molar-refractivity contribution >= 4 is 22.4 Å². The zero-order valence-corrected chi connectivity index (χ0v) is 13.8. The molecule has 2 heterocycles. The van der Waals surface area contributed by atoms with Crippen LogP contribution in [0.5, 0.6) is 0 Å². The summed E-state index contributed by atoms with van der Waals surface area (Å²) < 4.78 is 64.7. The SMILES string of the molecule is Cl.O=S(=O)(NC1CC2CCC(C1)N2)c1ccc(C(F)(F)F)cc1. The van der Waals surface area contributed by atoms with Crippen molar-refractivity contribution in [1.29, 1.82) is 0 Å². The zero-order chi connectivity index (χ0) is 16.0. The maximum absolute atomic E-state index is 12.5. The molecule has 1 aromatic rings. The summed E-state index contributed by atoms with van der Waals surface area (Å²) in [5, 5.41) is 3.41. The Hall–Kier alpha value is -0.830. The number of nitrogens with one attached hydrogen (secondary N) is 2. The van der Waals surface area contributed by atoms with E-state index in [1.807, 2.05) is 0 Å². The van der Waals surface area contributed by atoms with Crippen LogP contribution in [0.1, 0.15) is 31.2 Å². The molecule has 3 rings (SSSR count). The molecule has 2 atom stereocenters. The number of halogens is 4. The summed E-state index contributed by atoms with van der Waals surface area (Å²) in [5.41, 5.74) is -0.855. The van der Waals surface area contributed by atoms with Crippen molar-refractivity contribution in [2.75, 3.05) is 0 Å². The third kappa shape index (κ3) is 4.17. The molecule has 2 fully saturated rings. The van der Waals surface area contributed by atoms with Gasteiger partial charge in [-0.2, -0.15) is 13.2 Å². The van der Waals surface area contributed by atoms with E-state index < -0.39 is 21.8 Å². The molecule has 0 aliphatic carbocycles. The lowest BCUT2D eigenvalue weighted by Crippen LogP contribution is -2.47. The van der Waals surface area contributed by atoms with E-state index in [1.54, 1.807) is 0 Å². The minimum absolute atomic E-state index is 0. The highest BCUT2D eigenvalue weighted by atomic mass is 35.5. The first kappa shape index (κ1) is 18.5. The number of hydrogen-bond acceptors (Lipinski definition) is 3. The minimum Gasteiger partial charge on any atom is -0.311 e. The van der Waals surface area contributed by atoms with Gasteiger partial charge in [-0.05, 0) is 49.9 Å². The quantitative estimate of drug-likeness (QED) is 0.860. The summed E-state index contributed by atoms with van der Waals surface area (Å²) in [5.74, 6) is 0. The molecule has 2 aliphatic rings. The molecule has 0 saturated carbocycles. The highest BCUT2D eigenvalue weighted by molar-refractivity contribution is 7.89. The topological polar surface area (TPSA) is 58.2 Å². The fraction of sp³-hybridized carbons (Fsp3) is 0.571. The first-order valence-corrected chi connectivity index (χ1v) is 8.68. The van der Waals surface area contributed by atoms with Gasteiger partial charge >= 0.3 is 6.18 Å². The van der Waals surface area contributed by atoms with E-state index in [0.717, 1.165) is 49.9 Å². The lowest BCUT2D eigenvalue weighted by molar-refractivity contribution is -0.137. The van der Waals surface area contributed by atoms with Crippen LogP contribution in [0.2, 0.25) is 0 Å². The van der Waals surface area contributed by atoms with Gasteiger partial charge in [0.1, 0.15) is 0 Å². The molecule has 130 valence electrons. The predicted molar refractivity (Wildman–Crippen MR) is 82.0 cm³/mol. The molecule has 2 bridgehead atoms. The van der Waals surface area contributed by atoms with Crippen molar-refractivity contribution in [2.45, 2.75) is 54.9 Å². The van der Waals surface area contributed by atoms with Crippen LogP contribution in [0.4, 0.5) is 13.2 Å². The number of piperidine rings is 1. The first-order valence-electron chi connectivity index (χ1n) is 7.20. The molecule has 1 aromatic carbocycles. The summed E-state index contributed by atoms with van der Waals surface area (Å²) in [4.78, 5) is -0.133. The smallest absolute Gasteiger partial charge is 0.311 e. The van der Waals surface area contributed by atoms with Gasteiger partial charge in [0.15, 0.2) is 0 Å². The number of sulfonamides is 1. The molecular weight excluding hydrogens is 353 g/mol. The van der Waals surface area contributed by atoms with Crippen molar-refractivity contribution < 1.29 is 21.6 Å². The van der Waals surface area contributed by atoms with Gasteiger partial charge < -0.3 is 5.32 Å². The fourth-order valence-corrected chi connectivity index (χ4v) is 4.53. The molecule has 0 spiro atoms.